The summed E-state index contributed by atoms with van der Waals surface area (Å²) in [7, 11) is 0. The van der Waals surface area contributed by atoms with E-state index in [1.165, 1.54) is 38.6 Å². The second kappa shape index (κ2) is 5.99. The van der Waals surface area contributed by atoms with E-state index in [9.17, 15) is 0 Å². The molecule has 0 aliphatic carbocycles. The van der Waals surface area contributed by atoms with Crippen LogP contribution in [-0.2, 0) is 10.8 Å². The molecule has 27 heavy (non-hydrogen) atoms. The molecule has 138 valence electrons. The average molecular weight is 356 g/mol. The highest BCUT2D eigenvalue weighted by Gasteiger charge is 2.23. The summed E-state index contributed by atoms with van der Waals surface area (Å²) >= 11 is 0. The van der Waals surface area contributed by atoms with Crippen molar-refractivity contribution in [3.05, 3.63) is 77.9 Å². The van der Waals surface area contributed by atoms with Crippen LogP contribution in [0.1, 0.15) is 52.7 Å². The van der Waals surface area contributed by atoms with E-state index in [0.717, 1.165) is 0 Å². The van der Waals surface area contributed by atoms with Crippen molar-refractivity contribution in [1.82, 2.24) is 4.57 Å². The van der Waals surface area contributed by atoms with E-state index in [4.69, 9.17) is 0 Å². The molecule has 1 nitrogen and oxygen atoms in total. The van der Waals surface area contributed by atoms with Crippen molar-refractivity contribution in [3.63, 3.8) is 0 Å². The number of fused-ring (bicyclic) bond motifs is 3. The van der Waals surface area contributed by atoms with Crippen LogP contribution >= 0.6 is 0 Å². The van der Waals surface area contributed by atoms with E-state index in [0.29, 0.717) is 0 Å². The summed E-state index contributed by atoms with van der Waals surface area (Å²) in [5.74, 6) is 0. The molecule has 0 bridgehead atoms. The molecule has 0 aliphatic heterocycles. The van der Waals surface area contributed by atoms with Crippen molar-refractivity contribution in [1.29, 1.82) is 0 Å². The number of hydrogen-bond donors (Lipinski definition) is 0. The Labute approximate surface area is 162 Å². The van der Waals surface area contributed by atoms with Crippen molar-refractivity contribution in [2.75, 3.05) is 0 Å². The summed E-state index contributed by atoms with van der Waals surface area (Å²) in [6, 6.07) is 24.5. The van der Waals surface area contributed by atoms with Gasteiger partial charge in [-0.05, 0) is 46.2 Å². The molecule has 0 atom stereocenters. The van der Waals surface area contributed by atoms with Gasteiger partial charge < -0.3 is 4.57 Å². The van der Waals surface area contributed by atoms with Gasteiger partial charge in [-0.2, -0.15) is 0 Å². The lowest BCUT2D eigenvalue weighted by Gasteiger charge is -2.22. The Bertz CT molecular complexity index is 1120. The van der Waals surface area contributed by atoms with Crippen molar-refractivity contribution in [3.8, 4) is 5.69 Å². The largest absolute Gasteiger partial charge is 0.309 e. The third-order valence-corrected chi connectivity index (χ3v) is 5.48. The van der Waals surface area contributed by atoms with E-state index in [-0.39, 0.29) is 10.8 Å². The maximum Gasteiger partial charge on any atom is 0.0578 e. The number of aromatic nitrogens is 1. The topological polar surface area (TPSA) is 4.93 Å². The van der Waals surface area contributed by atoms with E-state index in [2.05, 4.69) is 113 Å². The van der Waals surface area contributed by atoms with Crippen LogP contribution in [0.3, 0.4) is 0 Å². The summed E-state index contributed by atoms with van der Waals surface area (Å²) in [4.78, 5) is 0. The quantitative estimate of drug-likeness (QED) is 0.336. The van der Waals surface area contributed by atoms with Gasteiger partial charge in [-0.3, -0.25) is 0 Å². The predicted octanol–water partition coefficient (Wildman–Crippen LogP) is 7.38. The second-order valence-electron chi connectivity index (χ2n) is 9.60. The Morgan fingerprint density at radius 2 is 1.33 bits per heavy atom. The zero-order chi connectivity index (χ0) is 19.4. The van der Waals surface area contributed by atoms with Crippen LogP contribution in [0.4, 0.5) is 0 Å². The third kappa shape index (κ3) is 2.96. The molecule has 0 spiro atoms. The van der Waals surface area contributed by atoms with Gasteiger partial charge in [-0.25, -0.2) is 0 Å². The van der Waals surface area contributed by atoms with E-state index in [1.807, 2.05) is 0 Å². The first-order valence-corrected chi connectivity index (χ1v) is 9.81. The highest BCUT2D eigenvalue weighted by atomic mass is 15.0. The molecule has 0 saturated heterocycles. The van der Waals surface area contributed by atoms with Crippen molar-refractivity contribution in [2.45, 2.75) is 52.4 Å². The maximum absolute atomic E-state index is 2.44. The lowest BCUT2D eigenvalue weighted by atomic mass is 9.85. The first kappa shape index (κ1) is 17.9. The van der Waals surface area contributed by atoms with E-state index >= 15 is 0 Å². The van der Waals surface area contributed by atoms with Crippen LogP contribution in [0.2, 0.25) is 0 Å². The molecule has 1 heterocycles. The Morgan fingerprint density at radius 3 is 1.96 bits per heavy atom. The fourth-order valence-corrected chi connectivity index (χ4v) is 3.99. The minimum atomic E-state index is 0.0767. The highest BCUT2D eigenvalue weighted by Crippen LogP contribution is 2.39. The summed E-state index contributed by atoms with van der Waals surface area (Å²) < 4.78 is 2.44. The molecule has 0 radical (unpaired) electrons. The molecule has 4 aromatic rings. The standard InChI is InChI=1S/C26H29N/c1-25(2,3)18-15-16-23-21(17-18)20-13-10-14-22(26(4,5)6)24(20)27(23)19-11-8-7-9-12-19/h7-17H,1-6H3. The van der Waals surface area contributed by atoms with Crippen LogP contribution in [0.15, 0.2) is 66.7 Å². The van der Waals surface area contributed by atoms with Crippen LogP contribution in [0.25, 0.3) is 27.5 Å². The molecule has 3 aromatic carbocycles. The lowest BCUT2D eigenvalue weighted by molar-refractivity contribution is 0.591. The summed E-state index contributed by atoms with van der Waals surface area (Å²) in [6.45, 7) is 13.8. The van der Waals surface area contributed by atoms with E-state index < -0.39 is 0 Å². The fraction of sp³-hybridized carbons (Fsp3) is 0.308. The monoisotopic (exact) mass is 355 g/mol. The van der Waals surface area contributed by atoms with Crippen LogP contribution < -0.4 is 0 Å². The van der Waals surface area contributed by atoms with Crippen LogP contribution in [0.5, 0.6) is 0 Å². The van der Waals surface area contributed by atoms with Gasteiger partial charge in [0.05, 0.1) is 11.0 Å². The van der Waals surface area contributed by atoms with Crippen molar-refractivity contribution < 1.29 is 0 Å². The maximum atomic E-state index is 2.44. The van der Waals surface area contributed by atoms with Gasteiger partial charge in [-0.15, -0.1) is 0 Å². The van der Waals surface area contributed by atoms with Crippen molar-refractivity contribution >= 4 is 21.8 Å². The smallest absolute Gasteiger partial charge is 0.0578 e. The van der Waals surface area contributed by atoms with Gasteiger partial charge in [-0.1, -0.05) is 84.0 Å². The molecular weight excluding hydrogens is 326 g/mol. The molecule has 0 N–H and O–H groups in total. The minimum absolute atomic E-state index is 0.0767. The molecule has 0 aliphatic rings. The Morgan fingerprint density at radius 1 is 0.630 bits per heavy atom. The molecule has 1 aromatic heterocycles. The molecule has 0 fully saturated rings. The third-order valence-electron chi connectivity index (χ3n) is 5.48. The Hall–Kier alpha value is -2.54. The van der Waals surface area contributed by atoms with Gasteiger partial charge >= 0.3 is 0 Å². The SMILES string of the molecule is CC(C)(C)c1ccc2c(c1)c1cccc(C(C)(C)C)c1n2-c1ccccc1. The van der Waals surface area contributed by atoms with E-state index in [1.54, 1.807) is 0 Å². The number of rotatable bonds is 1. The first-order valence-electron chi connectivity index (χ1n) is 9.81. The van der Waals surface area contributed by atoms with Crippen LogP contribution in [0, 0.1) is 0 Å². The molecule has 1 heteroatoms. The molecule has 0 amide bonds. The lowest BCUT2D eigenvalue weighted by Crippen LogP contribution is -2.13. The van der Waals surface area contributed by atoms with Gasteiger partial charge in [0, 0.05) is 16.5 Å². The zero-order valence-electron chi connectivity index (χ0n) is 17.3. The summed E-state index contributed by atoms with van der Waals surface area (Å²) in [6.07, 6.45) is 0. The summed E-state index contributed by atoms with van der Waals surface area (Å²) in [5, 5.41) is 2.68. The predicted molar refractivity (Wildman–Crippen MR) is 118 cm³/mol. The Kier molecular flexibility index (Phi) is 3.96. The average Bonchev–Trinajstić information content (AvgIpc) is 2.94. The van der Waals surface area contributed by atoms with Crippen LogP contribution in [-0.4, -0.2) is 4.57 Å². The van der Waals surface area contributed by atoms with Crippen molar-refractivity contribution in [2.24, 2.45) is 0 Å². The minimum Gasteiger partial charge on any atom is -0.309 e. The van der Waals surface area contributed by atoms with Gasteiger partial charge in [0.1, 0.15) is 0 Å². The van der Waals surface area contributed by atoms with Gasteiger partial charge in [0.15, 0.2) is 0 Å². The molecule has 0 saturated carbocycles. The first-order chi connectivity index (χ1) is 12.7. The van der Waals surface area contributed by atoms with Gasteiger partial charge in [0.25, 0.3) is 0 Å². The Balaban J connectivity index is 2.21. The number of nitrogens with zero attached hydrogens (tertiary/aromatic N) is 1. The number of benzene rings is 3. The highest BCUT2D eigenvalue weighted by molar-refractivity contribution is 6.10. The summed E-state index contributed by atoms with van der Waals surface area (Å²) in [5.41, 5.74) is 6.81. The molecule has 4 rings (SSSR count). The van der Waals surface area contributed by atoms with Gasteiger partial charge in [0.2, 0.25) is 0 Å². The normalized spacial score (nSPS) is 12.8. The molecule has 0 unspecified atom stereocenters. The number of hydrogen-bond acceptors (Lipinski definition) is 0. The molecular formula is C26H29N. The zero-order valence-corrected chi connectivity index (χ0v) is 17.3. The second-order valence-corrected chi connectivity index (χ2v) is 9.60. The number of para-hydroxylation sites is 2. The fourth-order valence-electron chi connectivity index (χ4n) is 3.99.